The van der Waals surface area contributed by atoms with Crippen molar-refractivity contribution in [1.82, 2.24) is 0 Å². The van der Waals surface area contributed by atoms with Gasteiger partial charge in [0, 0.05) is 6.42 Å². The van der Waals surface area contributed by atoms with Crippen LogP contribution < -0.4 is 0 Å². The van der Waals surface area contributed by atoms with Gasteiger partial charge in [-0.15, -0.1) is 0 Å². The highest BCUT2D eigenvalue weighted by Gasteiger charge is 2.71. The van der Waals surface area contributed by atoms with Crippen molar-refractivity contribution in [3.05, 3.63) is 53.6 Å². The lowest BCUT2D eigenvalue weighted by Crippen LogP contribution is -2.65. The first kappa shape index (κ1) is 30.7. The number of allylic oxidation sites excluding steroid dienone is 3. The number of carbonyl (C=O) groups is 2. The fourth-order valence-electron chi connectivity index (χ4n) is 12.7. The molecule has 1 unspecified atom stereocenters. The Morgan fingerprint density at radius 3 is 2.19 bits per heavy atom. The maximum absolute atomic E-state index is 12.9. The summed E-state index contributed by atoms with van der Waals surface area (Å²) in [5.41, 5.74) is 5.03. The van der Waals surface area contributed by atoms with E-state index in [4.69, 9.17) is 5.11 Å². The van der Waals surface area contributed by atoms with E-state index in [9.17, 15) is 14.7 Å². The van der Waals surface area contributed by atoms with Crippen LogP contribution in [0.5, 0.6) is 0 Å². The molecule has 1 aromatic carbocycles. The van der Waals surface area contributed by atoms with Gasteiger partial charge in [0.2, 0.25) is 0 Å². The van der Waals surface area contributed by atoms with Crippen LogP contribution in [0.15, 0.2) is 42.5 Å². The Morgan fingerprint density at radius 2 is 1.56 bits per heavy atom. The molecule has 0 aromatic heterocycles. The minimum absolute atomic E-state index is 0.0379. The van der Waals surface area contributed by atoms with Crippen molar-refractivity contribution >= 4 is 17.5 Å². The van der Waals surface area contributed by atoms with E-state index in [0.717, 1.165) is 44.1 Å². The summed E-state index contributed by atoms with van der Waals surface area (Å²) in [5.74, 6) is 0.914. The highest BCUT2D eigenvalue weighted by molar-refractivity contribution is 5.76. The van der Waals surface area contributed by atoms with Crippen molar-refractivity contribution in [3.63, 3.8) is 0 Å². The van der Waals surface area contributed by atoms with Crippen LogP contribution in [-0.2, 0) is 16.0 Å². The summed E-state index contributed by atoms with van der Waals surface area (Å²) < 4.78 is 0. The van der Waals surface area contributed by atoms with Crippen molar-refractivity contribution < 1.29 is 19.8 Å². The molecule has 4 fully saturated rings. The third-order valence-electron chi connectivity index (χ3n) is 15.0. The molecule has 9 atom stereocenters. The summed E-state index contributed by atoms with van der Waals surface area (Å²) in [4.78, 5) is 24.0. The molecule has 0 radical (unpaired) electrons. The van der Waals surface area contributed by atoms with Crippen molar-refractivity contribution in [2.24, 2.45) is 56.7 Å². The first-order valence-electron chi connectivity index (χ1n) is 17.0. The van der Waals surface area contributed by atoms with Gasteiger partial charge in [-0.2, -0.15) is 0 Å². The zero-order valence-electron chi connectivity index (χ0n) is 27.5. The van der Waals surface area contributed by atoms with E-state index < -0.39 is 17.4 Å². The molecule has 1 aromatic rings. The Balaban J connectivity index is 1.33. The predicted octanol–water partition coefficient (Wildman–Crippen LogP) is 9.44. The van der Waals surface area contributed by atoms with Crippen LogP contribution in [-0.4, -0.2) is 22.2 Å². The summed E-state index contributed by atoms with van der Waals surface area (Å²) >= 11 is 0. The van der Waals surface area contributed by atoms with Crippen LogP contribution in [0.1, 0.15) is 117 Å². The summed E-state index contributed by atoms with van der Waals surface area (Å²) in [6, 6.07) is 8.65. The van der Waals surface area contributed by atoms with E-state index in [0.29, 0.717) is 30.1 Å². The van der Waals surface area contributed by atoms with Crippen molar-refractivity contribution in [2.45, 2.75) is 112 Å². The van der Waals surface area contributed by atoms with Gasteiger partial charge in [-0.1, -0.05) is 77.1 Å². The van der Waals surface area contributed by atoms with Gasteiger partial charge >= 0.3 is 11.9 Å². The second-order valence-corrected chi connectivity index (χ2v) is 16.8. The van der Waals surface area contributed by atoms with E-state index in [1.54, 1.807) is 0 Å². The molecule has 5 aliphatic rings. The van der Waals surface area contributed by atoms with Gasteiger partial charge in [0.15, 0.2) is 0 Å². The zero-order valence-corrected chi connectivity index (χ0v) is 27.5. The van der Waals surface area contributed by atoms with Crippen LogP contribution in [0.2, 0.25) is 0 Å². The quantitative estimate of drug-likeness (QED) is 0.326. The number of aliphatic carboxylic acids is 2. The standard InChI is InChI=1S/C39H54O4/c1-24(2)27-16-21-39(34(42)43)23-22-37(6)29(33(27)39)13-14-31-36(5)19-17-28(35(3,4)30(36)18-20-38(31,37)7)26-11-8-25(9-12-26)10-15-32(40)41/h8-9,11-12,17,27,29-31,33H,1,10,13-16,18-23H2,2-7H3,(H,40,41)(H,42,43)/t27-,29+,30-,31+,33?,36-,37+,38+,39-/m0/s1. The molecular weight excluding hydrogens is 532 g/mol. The average molecular weight is 587 g/mol. The van der Waals surface area contributed by atoms with Gasteiger partial charge in [-0.05, 0) is 139 Å². The molecule has 0 saturated heterocycles. The summed E-state index contributed by atoms with van der Waals surface area (Å²) in [5, 5.41) is 19.7. The number of carboxylic acids is 2. The third kappa shape index (κ3) is 4.20. The van der Waals surface area contributed by atoms with Crippen molar-refractivity contribution in [2.75, 3.05) is 0 Å². The number of hydrogen-bond donors (Lipinski definition) is 2. The molecule has 4 saturated carbocycles. The maximum atomic E-state index is 12.9. The van der Waals surface area contributed by atoms with E-state index >= 15 is 0 Å². The second-order valence-electron chi connectivity index (χ2n) is 16.8. The fraction of sp³-hybridized carbons (Fsp3) is 0.692. The molecule has 4 heteroatoms. The van der Waals surface area contributed by atoms with E-state index in [2.05, 4.69) is 78.5 Å². The lowest BCUT2D eigenvalue weighted by Gasteiger charge is -2.72. The fourth-order valence-corrected chi connectivity index (χ4v) is 12.7. The highest BCUT2D eigenvalue weighted by atomic mass is 16.4. The smallest absolute Gasteiger partial charge is 0.309 e. The minimum Gasteiger partial charge on any atom is -0.481 e. The van der Waals surface area contributed by atoms with Crippen LogP contribution in [0.25, 0.3) is 5.57 Å². The Labute approximate surface area is 259 Å². The number of aryl methyl sites for hydroxylation is 1. The van der Waals surface area contributed by atoms with Crippen LogP contribution in [0.4, 0.5) is 0 Å². The maximum Gasteiger partial charge on any atom is 0.309 e. The molecule has 0 spiro atoms. The van der Waals surface area contributed by atoms with Crippen molar-refractivity contribution in [1.29, 1.82) is 0 Å². The van der Waals surface area contributed by atoms with E-state index in [1.807, 2.05) is 0 Å². The number of hydrogen-bond acceptors (Lipinski definition) is 2. The highest BCUT2D eigenvalue weighted by Crippen LogP contribution is 2.77. The predicted molar refractivity (Wildman–Crippen MR) is 172 cm³/mol. The Morgan fingerprint density at radius 1 is 0.860 bits per heavy atom. The molecule has 0 amide bonds. The molecule has 0 aliphatic heterocycles. The van der Waals surface area contributed by atoms with Gasteiger partial charge in [0.1, 0.15) is 0 Å². The number of fused-ring (bicyclic) bond motifs is 7. The lowest BCUT2D eigenvalue weighted by molar-refractivity contribution is -0.227. The number of benzene rings is 1. The Hall–Kier alpha value is -2.36. The molecular formula is C39H54O4. The Bertz CT molecular complexity index is 1350. The molecule has 0 heterocycles. The molecule has 0 bridgehead atoms. The van der Waals surface area contributed by atoms with Gasteiger partial charge in [0.25, 0.3) is 0 Å². The molecule has 4 nitrogen and oxygen atoms in total. The molecule has 6 rings (SSSR count). The van der Waals surface area contributed by atoms with Gasteiger partial charge in [-0.3, -0.25) is 9.59 Å². The molecule has 43 heavy (non-hydrogen) atoms. The molecule has 2 N–H and O–H groups in total. The monoisotopic (exact) mass is 586 g/mol. The summed E-state index contributed by atoms with van der Waals surface area (Å²) in [6.07, 6.45) is 12.8. The Kier molecular flexibility index (Phi) is 7.18. The molecule has 5 aliphatic carbocycles. The SMILES string of the molecule is C=C(C)[C@@H]1CC[C@]2(C(=O)O)CC[C@]3(C)[C@H](CC[C@@H]4[C@@]5(C)CC=C(c6ccc(CCC(=O)O)cc6)C(C)(C)[C@@H]5CC[C@]43C)C12. The normalized spacial score (nSPS) is 42.9. The van der Waals surface area contributed by atoms with Gasteiger partial charge in [-0.25, -0.2) is 0 Å². The first-order valence-corrected chi connectivity index (χ1v) is 17.0. The average Bonchev–Trinajstić information content (AvgIpc) is 3.34. The topological polar surface area (TPSA) is 74.6 Å². The third-order valence-corrected chi connectivity index (χ3v) is 15.0. The molecule has 234 valence electrons. The van der Waals surface area contributed by atoms with Crippen molar-refractivity contribution in [3.8, 4) is 0 Å². The zero-order chi connectivity index (χ0) is 31.2. The summed E-state index contributed by atoms with van der Waals surface area (Å²) in [6.45, 7) is 19.3. The number of carboxylic acid groups (broad SMARTS) is 2. The lowest BCUT2D eigenvalue weighted by atomic mass is 9.32. The van der Waals surface area contributed by atoms with Crippen LogP contribution in [0, 0.1) is 56.7 Å². The van der Waals surface area contributed by atoms with Gasteiger partial charge < -0.3 is 10.2 Å². The first-order chi connectivity index (χ1) is 20.1. The van der Waals surface area contributed by atoms with E-state index in [1.165, 1.54) is 36.0 Å². The number of rotatable bonds is 6. The van der Waals surface area contributed by atoms with Gasteiger partial charge in [0.05, 0.1) is 5.41 Å². The second kappa shape index (κ2) is 10.1. The van der Waals surface area contributed by atoms with E-state index in [-0.39, 0.29) is 34.0 Å². The summed E-state index contributed by atoms with van der Waals surface area (Å²) in [7, 11) is 0. The van der Waals surface area contributed by atoms with Crippen LogP contribution in [0.3, 0.4) is 0 Å². The minimum atomic E-state index is -0.750. The van der Waals surface area contributed by atoms with Crippen LogP contribution >= 0.6 is 0 Å². The largest absolute Gasteiger partial charge is 0.481 e.